The number of rotatable bonds is 10. The number of nitrogens with one attached hydrogen (secondary N) is 2. The first-order valence-electron chi connectivity index (χ1n) is 9.31. The fourth-order valence-corrected chi connectivity index (χ4v) is 2.51. The van der Waals surface area contributed by atoms with Crippen LogP contribution in [0.15, 0.2) is 48.8 Å². The van der Waals surface area contributed by atoms with Gasteiger partial charge in [0.05, 0.1) is 0 Å². The summed E-state index contributed by atoms with van der Waals surface area (Å²) in [4.78, 5) is 27.5. The Morgan fingerprint density at radius 2 is 1.68 bits per heavy atom. The van der Waals surface area contributed by atoms with Crippen molar-refractivity contribution in [2.24, 2.45) is 5.73 Å². The number of amides is 2. The van der Waals surface area contributed by atoms with Crippen molar-refractivity contribution >= 4 is 11.8 Å². The third-order valence-electron chi connectivity index (χ3n) is 4.23. The van der Waals surface area contributed by atoms with Crippen LogP contribution in [0.4, 0.5) is 0 Å². The highest BCUT2D eigenvalue weighted by molar-refractivity contribution is 5.79. The number of ether oxygens (including phenoxy) is 1. The molecule has 0 fully saturated rings. The van der Waals surface area contributed by atoms with E-state index in [0.29, 0.717) is 19.0 Å². The lowest BCUT2D eigenvalue weighted by Gasteiger charge is -2.14. The summed E-state index contributed by atoms with van der Waals surface area (Å²) < 4.78 is 5.15. The molecule has 0 saturated heterocycles. The minimum absolute atomic E-state index is 0.184. The van der Waals surface area contributed by atoms with E-state index in [0.717, 1.165) is 11.1 Å². The second-order valence-electron chi connectivity index (χ2n) is 6.86. The second-order valence-corrected chi connectivity index (χ2v) is 6.86. The van der Waals surface area contributed by atoms with Crippen molar-refractivity contribution in [3.63, 3.8) is 0 Å². The summed E-state index contributed by atoms with van der Waals surface area (Å²) in [7, 11) is 0. The van der Waals surface area contributed by atoms with Gasteiger partial charge in [-0.15, -0.1) is 0 Å². The lowest BCUT2D eigenvalue weighted by atomic mass is 9.99. The standard InChI is InChI=1S/C21H28N4O3/c1-15(2)17-5-7-18(8-6-17)19(22)12-25-21(27)14-28-13-20(26)24-11-16-4-3-9-23-10-16/h3-10,15,19H,11-14,22H2,1-2H3,(H,24,26)(H,25,27). The Morgan fingerprint density at radius 3 is 2.29 bits per heavy atom. The quantitative estimate of drug-likeness (QED) is 0.578. The monoisotopic (exact) mass is 384 g/mol. The van der Waals surface area contributed by atoms with E-state index in [2.05, 4.69) is 41.6 Å². The first kappa shape index (κ1) is 21.5. The van der Waals surface area contributed by atoms with Crippen LogP contribution in [0.25, 0.3) is 0 Å². The number of aromatic nitrogens is 1. The number of hydrogen-bond donors (Lipinski definition) is 3. The number of benzene rings is 1. The maximum absolute atomic E-state index is 11.9. The van der Waals surface area contributed by atoms with Crippen molar-refractivity contribution in [2.45, 2.75) is 32.4 Å². The molecule has 1 aromatic carbocycles. The van der Waals surface area contributed by atoms with Crippen molar-refractivity contribution in [2.75, 3.05) is 19.8 Å². The number of carbonyl (C=O) groups is 2. The molecule has 7 nitrogen and oxygen atoms in total. The van der Waals surface area contributed by atoms with E-state index in [4.69, 9.17) is 10.5 Å². The van der Waals surface area contributed by atoms with E-state index in [-0.39, 0.29) is 31.1 Å². The van der Waals surface area contributed by atoms with Gasteiger partial charge >= 0.3 is 0 Å². The van der Waals surface area contributed by atoms with E-state index in [9.17, 15) is 9.59 Å². The summed E-state index contributed by atoms with van der Waals surface area (Å²) in [5.74, 6) is -0.142. The van der Waals surface area contributed by atoms with E-state index < -0.39 is 0 Å². The summed E-state index contributed by atoms with van der Waals surface area (Å²) in [6, 6.07) is 11.4. The summed E-state index contributed by atoms with van der Waals surface area (Å²) in [5, 5.41) is 5.42. The third kappa shape index (κ3) is 7.46. The maximum atomic E-state index is 11.9. The molecule has 2 amide bonds. The number of nitrogens with two attached hydrogens (primary N) is 1. The van der Waals surface area contributed by atoms with Crippen molar-refractivity contribution in [3.05, 3.63) is 65.5 Å². The molecule has 0 radical (unpaired) electrons. The van der Waals surface area contributed by atoms with Gasteiger partial charge in [-0.3, -0.25) is 14.6 Å². The van der Waals surface area contributed by atoms with Gasteiger partial charge in [0.15, 0.2) is 0 Å². The van der Waals surface area contributed by atoms with Crippen LogP contribution >= 0.6 is 0 Å². The van der Waals surface area contributed by atoms with Gasteiger partial charge < -0.3 is 21.1 Å². The first-order chi connectivity index (χ1) is 13.5. The average Bonchev–Trinajstić information content (AvgIpc) is 2.71. The van der Waals surface area contributed by atoms with Gasteiger partial charge in [-0.2, -0.15) is 0 Å². The molecule has 2 aromatic rings. The zero-order valence-corrected chi connectivity index (χ0v) is 16.4. The number of nitrogens with zero attached hydrogens (tertiary/aromatic N) is 1. The molecule has 7 heteroatoms. The fraction of sp³-hybridized carbons (Fsp3) is 0.381. The summed E-state index contributed by atoms with van der Waals surface area (Å²) in [5.41, 5.74) is 9.21. The largest absolute Gasteiger partial charge is 0.362 e. The van der Waals surface area contributed by atoms with Crippen LogP contribution in [0.1, 0.15) is 42.5 Å². The van der Waals surface area contributed by atoms with E-state index in [1.807, 2.05) is 18.2 Å². The highest BCUT2D eigenvalue weighted by Crippen LogP contribution is 2.17. The van der Waals surface area contributed by atoms with Crippen molar-refractivity contribution in [3.8, 4) is 0 Å². The topological polar surface area (TPSA) is 106 Å². The Bertz CT molecular complexity index is 748. The maximum Gasteiger partial charge on any atom is 0.246 e. The lowest BCUT2D eigenvalue weighted by molar-refractivity contribution is -0.131. The first-order valence-corrected chi connectivity index (χ1v) is 9.31. The Morgan fingerprint density at radius 1 is 1.04 bits per heavy atom. The van der Waals surface area contributed by atoms with Gasteiger partial charge in [-0.05, 0) is 28.7 Å². The van der Waals surface area contributed by atoms with Gasteiger partial charge in [0.1, 0.15) is 13.2 Å². The van der Waals surface area contributed by atoms with Gasteiger partial charge in [-0.1, -0.05) is 44.2 Å². The molecule has 0 bridgehead atoms. The smallest absolute Gasteiger partial charge is 0.246 e. The normalized spacial score (nSPS) is 11.9. The second kappa shape index (κ2) is 11.2. The van der Waals surface area contributed by atoms with E-state index in [1.165, 1.54) is 5.56 Å². The van der Waals surface area contributed by atoms with Crippen LogP contribution in [0.5, 0.6) is 0 Å². The molecule has 1 heterocycles. The Kier molecular flexibility index (Phi) is 8.58. The zero-order valence-electron chi connectivity index (χ0n) is 16.4. The molecule has 28 heavy (non-hydrogen) atoms. The van der Waals surface area contributed by atoms with Crippen LogP contribution in [-0.4, -0.2) is 36.6 Å². The summed E-state index contributed by atoms with van der Waals surface area (Å²) >= 11 is 0. The third-order valence-corrected chi connectivity index (χ3v) is 4.23. The van der Waals surface area contributed by atoms with Crippen molar-refractivity contribution < 1.29 is 14.3 Å². The van der Waals surface area contributed by atoms with Crippen LogP contribution in [0.3, 0.4) is 0 Å². The molecule has 1 atom stereocenters. The lowest BCUT2D eigenvalue weighted by Crippen LogP contribution is -2.35. The number of pyridine rings is 1. The minimum atomic E-state index is -0.311. The molecular formula is C21H28N4O3. The summed E-state index contributed by atoms with van der Waals surface area (Å²) in [6.45, 7) is 4.56. The Hall–Kier alpha value is -2.77. The molecule has 0 spiro atoms. The van der Waals surface area contributed by atoms with Gasteiger partial charge in [-0.25, -0.2) is 0 Å². The molecule has 0 aliphatic carbocycles. The molecule has 2 rings (SSSR count). The van der Waals surface area contributed by atoms with Crippen LogP contribution in [0.2, 0.25) is 0 Å². The molecule has 1 aromatic heterocycles. The molecule has 1 unspecified atom stereocenters. The molecule has 0 saturated carbocycles. The average molecular weight is 384 g/mol. The molecular weight excluding hydrogens is 356 g/mol. The van der Waals surface area contributed by atoms with Crippen LogP contribution < -0.4 is 16.4 Å². The molecule has 0 aliphatic heterocycles. The van der Waals surface area contributed by atoms with Gasteiger partial charge in [0.2, 0.25) is 11.8 Å². The Balaban J connectivity index is 1.62. The molecule has 4 N–H and O–H groups in total. The van der Waals surface area contributed by atoms with Crippen molar-refractivity contribution in [1.82, 2.24) is 15.6 Å². The van der Waals surface area contributed by atoms with E-state index >= 15 is 0 Å². The predicted octanol–water partition coefficient (Wildman–Crippen LogP) is 1.65. The van der Waals surface area contributed by atoms with Crippen LogP contribution in [-0.2, 0) is 20.9 Å². The number of hydrogen-bond acceptors (Lipinski definition) is 5. The van der Waals surface area contributed by atoms with Crippen molar-refractivity contribution in [1.29, 1.82) is 0 Å². The number of carbonyl (C=O) groups excluding carboxylic acids is 2. The predicted molar refractivity (Wildman–Crippen MR) is 107 cm³/mol. The highest BCUT2D eigenvalue weighted by Gasteiger charge is 2.10. The zero-order chi connectivity index (χ0) is 20.4. The fourth-order valence-electron chi connectivity index (χ4n) is 2.51. The Labute approximate surface area is 165 Å². The van der Waals surface area contributed by atoms with Crippen LogP contribution in [0, 0.1) is 0 Å². The van der Waals surface area contributed by atoms with Gasteiger partial charge in [0.25, 0.3) is 0 Å². The minimum Gasteiger partial charge on any atom is -0.362 e. The molecule has 150 valence electrons. The highest BCUT2D eigenvalue weighted by atomic mass is 16.5. The van der Waals surface area contributed by atoms with E-state index in [1.54, 1.807) is 18.5 Å². The molecule has 0 aliphatic rings. The SMILES string of the molecule is CC(C)c1ccc(C(N)CNC(=O)COCC(=O)NCc2cccnc2)cc1. The summed E-state index contributed by atoms with van der Waals surface area (Å²) in [6.07, 6.45) is 3.34. The van der Waals surface area contributed by atoms with Gasteiger partial charge in [0, 0.05) is 31.5 Å².